The quantitative estimate of drug-likeness (QED) is 0.826. The van der Waals surface area contributed by atoms with Gasteiger partial charge in [-0.2, -0.15) is 0 Å². The standard InChI is InChI=1S/C20H20ClNO3/c21-15-6-2-1-5-13(15)18(23)17-14-9-8-12-11-20(14,25-19(17)24)16-7-3-4-10-22(12)16/h1-2,5-6,8-9,12,16,18,23H,3-4,7,10-11H2/t12-,16-,18?,20+/m1/s1. The van der Waals surface area contributed by atoms with Crippen molar-refractivity contribution in [3.8, 4) is 0 Å². The molecule has 1 spiro atoms. The summed E-state index contributed by atoms with van der Waals surface area (Å²) in [5, 5.41) is 11.4. The normalized spacial score (nSPS) is 34.7. The highest BCUT2D eigenvalue weighted by atomic mass is 35.5. The topological polar surface area (TPSA) is 49.8 Å². The lowest BCUT2D eigenvalue weighted by molar-refractivity contribution is -0.150. The van der Waals surface area contributed by atoms with Crippen LogP contribution in [0.4, 0.5) is 0 Å². The molecule has 1 aliphatic carbocycles. The molecule has 4 atom stereocenters. The zero-order chi connectivity index (χ0) is 17.2. The zero-order valence-corrected chi connectivity index (χ0v) is 14.6. The van der Waals surface area contributed by atoms with Gasteiger partial charge in [-0.05, 0) is 25.5 Å². The van der Waals surface area contributed by atoms with Crippen LogP contribution in [0.15, 0.2) is 47.6 Å². The van der Waals surface area contributed by atoms with E-state index in [-0.39, 0.29) is 6.04 Å². The number of aliphatic hydroxyl groups is 1. The van der Waals surface area contributed by atoms with E-state index in [1.54, 1.807) is 12.1 Å². The Kier molecular flexibility index (Phi) is 3.40. The van der Waals surface area contributed by atoms with Crippen molar-refractivity contribution >= 4 is 17.6 Å². The smallest absolute Gasteiger partial charge is 0.338 e. The molecule has 3 heterocycles. The van der Waals surface area contributed by atoms with Gasteiger partial charge in [0.15, 0.2) is 5.60 Å². The van der Waals surface area contributed by atoms with E-state index in [4.69, 9.17) is 16.3 Å². The van der Waals surface area contributed by atoms with E-state index in [9.17, 15) is 9.90 Å². The van der Waals surface area contributed by atoms with Gasteiger partial charge in [0, 0.05) is 28.6 Å². The highest BCUT2D eigenvalue weighted by molar-refractivity contribution is 6.31. The van der Waals surface area contributed by atoms with Crippen LogP contribution in [0.5, 0.6) is 0 Å². The van der Waals surface area contributed by atoms with Crippen molar-refractivity contribution in [1.82, 2.24) is 4.90 Å². The summed E-state index contributed by atoms with van der Waals surface area (Å²) in [7, 11) is 0. The summed E-state index contributed by atoms with van der Waals surface area (Å²) in [5.74, 6) is -0.403. The minimum absolute atomic E-state index is 0.219. The van der Waals surface area contributed by atoms with Gasteiger partial charge >= 0.3 is 5.97 Å². The van der Waals surface area contributed by atoms with Gasteiger partial charge in [-0.15, -0.1) is 0 Å². The second kappa shape index (κ2) is 5.44. The van der Waals surface area contributed by atoms with Gasteiger partial charge < -0.3 is 9.84 Å². The summed E-state index contributed by atoms with van der Waals surface area (Å²) in [6, 6.07) is 7.67. The summed E-state index contributed by atoms with van der Waals surface area (Å²) < 4.78 is 6.00. The van der Waals surface area contributed by atoms with Crippen LogP contribution in [0, 0.1) is 0 Å². The minimum Gasteiger partial charge on any atom is -0.449 e. The van der Waals surface area contributed by atoms with Crippen LogP contribution in [-0.4, -0.2) is 40.2 Å². The molecule has 5 heteroatoms. The first-order valence-corrected chi connectivity index (χ1v) is 9.34. The molecule has 1 unspecified atom stereocenters. The fraction of sp³-hybridized carbons (Fsp3) is 0.450. The van der Waals surface area contributed by atoms with Crippen molar-refractivity contribution in [3.63, 3.8) is 0 Å². The lowest BCUT2D eigenvalue weighted by atomic mass is 9.78. The van der Waals surface area contributed by atoms with Gasteiger partial charge in [-0.25, -0.2) is 4.79 Å². The Morgan fingerprint density at radius 3 is 3.00 bits per heavy atom. The SMILES string of the molecule is O=C1O[C@@]23C[C@@H](C=CC2=C1C(O)c1ccccc1Cl)N1CCCC[C@@H]13. The average Bonchev–Trinajstić information content (AvgIpc) is 3.06. The maximum atomic E-state index is 12.8. The molecule has 1 aromatic carbocycles. The lowest BCUT2D eigenvalue weighted by Crippen LogP contribution is -2.48. The first-order valence-electron chi connectivity index (χ1n) is 8.96. The number of carbonyl (C=O) groups is 1. The van der Waals surface area contributed by atoms with Crippen molar-refractivity contribution in [1.29, 1.82) is 0 Å². The largest absolute Gasteiger partial charge is 0.449 e. The molecule has 1 aromatic rings. The van der Waals surface area contributed by atoms with Crippen LogP contribution >= 0.6 is 11.6 Å². The summed E-state index contributed by atoms with van der Waals surface area (Å²) >= 11 is 6.25. The van der Waals surface area contributed by atoms with E-state index in [2.05, 4.69) is 11.0 Å². The number of nitrogens with zero attached hydrogens (tertiary/aromatic N) is 1. The molecule has 2 bridgehead atoms. The Morgan fingerprint density at radius 2 is 2.16 bits per heavy atom. The van der Waals surface area contributed by atoms with E-state index < -0.39 is 17.7 Å². The Bertz CT molecular complexity index is 817. The number of carbonyl (C=O) groups excluding carboxylic acids is 1. The summed E-state index contributed by atoms with van der Waals surface area (Å²) in [4.78, 5) is 15.3. The van der Waals surface area contributed by atoms with Gasteiger partial charge in [0.2, 0.25) is 0 Å². The van der Waals surface area contributed by atoms with Crippen LogP contribution in [0.25, 0.3) is 0 Å². The fourth-order valence-corrected chi connectivity index (χ4v) is 5.40. The molecule has 0 aromatic heterocycles. The molecule has 4 nitrogen and oxygen atoms in total. The third-order valence-corrected chi connectivity index (χ3v) is 6.56. The highest BCUT2D eigenvalue weighted by Gasteiger charge is 2.62. The van der Waals surface area contributed by atoms with Crippen LogP contribution in [-0.2, 0) is 9.53 Å². The Balaban J connectivity index is 1.63. The van der Waals surface area contributed by atoms with Crippen molar-refractivity contribution in [2.24, 2.45) is 0 Å². The van der Waals surface area contributed by atoms with E-state index >= 15 is 0 Å². The summed E-state index contributed by atoms with van der Waals surface area (Å²) in [6.45, 7) is 1.05. The van der Waals surface area contributed by atoms with Crippen molar-refractivity contribution in [3.05, 3.63) is 58.1 Å². The van der Waals surface area contributed by atoms with Crippen LogP contribution in [0.1, 0.15) is 37.4 Å². The number of rotatable bonds is 2. The molecule has 130 valence electrons. The fourth-order valence-electron chi connectivity index (χ4n) is 5.16. The second-order valence-electron chi connectivity index (χ2n) is 7.41. The Labute approximate surface area is 151 Å². The number of halogens is 1. The number of piperidine rings is 1. The number of benzene rings is 1. The molecular formula is C20H20ClNO3. The molecule has 5 rings (SSSR count). The number of hydrogen-bond donors (Lipinski definition) is 1. The van der Waals surface area contributed by atoms with Crippen molar-refractivity contribution in [2.75, 3.05) is 6.54 Å². The zero-order valence-electron chi connectivity index (χ0n) is 13.8. The van der Waals surface area contributed by atoms with Crippen LogP contribution < -0.4 is 0 Å². The summed E-state index contributed by atoms with van der Waals surface area (Å²) in [6.07, 6.45) is 7.29. The number of ether oxygens (including phenoxy) is 1. The molecule has 2 saturated heterocycles. The van der Waals surface area contributed by atoms with E-state index in [1.807, 2.05) is 18.2 Å². The molecule has 0 amide bonds. The lowest BCUT2D eigenvalue weighted by Gasteiger charge is -2.37. The number of esters is 1. The van der Waals surface area contributed by atoms with E-state index in [0.29, 0.717) is 22.2 Å². The summed E-state index contributed by atoms with van der Waals surface area (Å²) in [5.41, 5.74) is 1.18. The molecule has 2 fully saturated rings. The first-order chi connectivity index (χ1) is 12.1. The minimum atomic E-state index is -1.06. The highest BCUT2D eigenvalue weighted by Crippen LogP contribution is 2.54. The Morgan fingerprint density at radius 1 is 1.32 bits per heavy atom. The molecular weight excluding hydrogens is 338 g/mol. The van der Waals surface area contributed by atoms with Gasteiger partial charge in [0.25, 0.3) is 0 Å². The monoisotopic (exact) mass is 357 g/mol. The third-order valence-electron chi connectivity index (χ3n) is 6.22. The average molecular weight is 358 g/mol. The number of fused-ring (bicyclic) bond motifs is 3. The van der Waals surface area contributed by atoms with E-state index in [1.165, 1.54) is 6.42 Å². The van der Waals surface area contributed by atoms with Gasteiger partial charge in [0.1, 0.15) is 6.10 Å². The molecule has 0 radical (unpaired) electrons. The predicted molar refractivity (Wildman–Crippen MR) is 94.2 cm³/mol. The van der Waals surface area contributed by atoms with Crippen molar-refractivity contribution < 1.29 is 14.6 Å². The van der Waals surface area contributed by atoms with Crippen LogP contribution in [0.2, 0.25) is 5.02 Å². The Hall–Kier alpha value is -1.62. The number of hydrogen-bond acceptors (Lipinski definition) is 4. The predicted octanol–water partition coefficient (Wildman–Crippen LogP) is 3.16. The number of aliphatic hydroxyl groups excluding tert-OH is 1. The third kappa shape index (κ3) is 2.05. The van der Waals surface area contributed by atoms with Gasteiger partial charge in [-0.1, -0.05) is 48.4 Å². The van der Waals surface area contributed by atoms with Gasteiger partial charge in [0.05, 0.1) is 11.6 Å². The molecule has 4 aliphatic rings. The first kappa shape index (κ1) is 15.6. The second-order valence-corrected chi connectivity index (χ2v) is 7.82. The molecule has 0 saturated carbocycles. The maximum absolute atomic E-state index is 12.8. The molecule has 3 aliphatic heterocycles. The van der Waals surface area contributed by atoms with E-state index in [0.717, 1.165) is 31.4 Å². The van der Waals surface area contributed by atoms with Crippen molar-refractivity contribution in [2.45, 2.75) is 49.5 Å². The maximum Gasteiger partial charge on any atom is 0.338 e. The van der Waals surface area contributed by atoms with Crippen LogP contribution in [0.3, 0.4) is 0 Å². The molecule has 25 heavy (non-hydrogen) atoms. The molecule has 1 N–H and O–H groups in total. The van der Waals surface area contributed by atoms with Gasteiger partial charge in [-0.3, -0.25) is 4.90 Å².